The second-order valence-electron chi connectivity index (χ2n) is 8.67. The number of hydrogen-bond acceptors (Lipinski definition) is 3. The van der Waals surface area contributed by atoms with Gasteiger partial charge in [-0.05, 0) is 86.1 Å². The van der Waals surface area contributed by atoms with Gasteiger partial charge in [0, 0.05) is 36.1 Å². The molecular formula is C22H25N3O. The van der Waals surface area contributed by atoms with Crippen molar-refractivity contribution >= 4 is 5.91 Å². The van der Waals surface area contributed by atoms with E-state index in [1.165, 1.54) is 19.3 Å². The van der Waals surface area contributed by atoms with E-state index >= 15 is 0 Å². The zero-order chi connectivity index (χ0) is 17.6. The molecular weight excluding hydrogens is 322 g/mol. The van der Waals surface area contributed by atoms with Crippen LogP contribution in [0.15, 0.2) is 42.9 Å². The first-order valence-electron chi connectivity index (χ1n) is 9.84. The van der Waals surface area contributed by atoms with E-state index in [1.54, 1.807) is 6.20 Å². The molecule has 2 heterocycles. The van der Waals surface area contributed by atoms with Gasteiger partial charge in [-0.2, -0.15) is 0 Å². The summed E-state index contributed by atoms with van der Waals surface area (Å²) in [5.41, 5.74) is 2.92. The van der Waals surface area contributed by atoms with Gasteiger partial charge in [0.1, 0.15) is 0 Å². The van der Waals surface area contributed by atoms with E-state index in [9.17, 15) is 4.79 Å². The van der Waals surface area contributed by atoms with Crippen LogP contribution < -0.4 is 5.32 Å². The van der Waals surface area contributed by atoms with Crippen LogP contribution in [0.2, 0.25) is 0 Å². The fraction of sp³-hybridized carbons (Fsp3) is 0.500. The summed E-state index contributed by atoms with van der Waals surface area (Å²) in [5.74, 6) is 2.68. The zero-order valence-corrected chi connectivity index (χ0v) is 15.0. The standard InChI is InChI=1S/C22H25N3O/c26-21(22-10-16-6-17(11-22)8-18(7-16)12-22)25-13-15-3-5-24-20(9-15)19-2-1-4-23-14-19/h1-5,9,14,16-18H,6-8,10-13H2,(H,25,26). The molecule has 0 saturated heterocycles. The number of rotatable bonds is 4. The van der Waals surface area contributed by atoms with Crippen molar-refractivity contribution in [1.82, 2.24) is 15.3 Å². The lowest BCUT2D eigenvalue weighted by Crippen LogP contribution is -2.53. The van der Waals surface area contributed by atoms with Gasteiger partial charge in [0.05, 0.1) is 5.69 Å². The predicted molar refractivity (Wildman–Crippen MR) is 99.9 cm³/mol. The highest BCUT2D eigenvalue weighted by Gasteiger charge is 2.54. The molecule has 4 bridgehead atoms. The molecule has 0 aromatic carbocycles. The molecule has 134 valence electrons. The highest BCUT2D eigenvalue weighted by atomic mass is 16.2. The maximum atomic E-state index is 13.1. The normalized spacial score (nSPS) is 31.8. The van der Waals surface area contributed by atoms with Gasteiger partial charge >= 0.3 is 0 Å². The first-order valence-corrected chi connectivity index (χ1v) is 9.84. The van der Waals surface area contributed by atoms with Crippen molar-refractivity contribution < 1.29 is 4.79 Å². The lowest BCUT2D eigenvalue weighted by molar-refractivity contribution is -0.146. The van der Waals surface area contributed by atoms with E-state index in [-0.39, 0.29) is 11.3 Å². The van der Waals surface area contributed by atoms with Gasteiger partial charge < -0.3 is 5.32 Å². The smallest absolute Gasteiger partial charge is 0.226 e. The van der Waals surface area contributed by atoms with Crippen LogP contribution >= 0.6 is 0 Å². The summed E-state index contributed by atoms with van der Waals surface area (Å²) in [4.78, 5) is 21.7. The average molecular weight is 347 g/mol. The summed E-state index contributed by atoms with van der Waals surface area (Å²) in [6.45, 7) is 0.580. The van der Waals surface area contributed by atoms with Crippen LogP contribution in [-0.4, -0.2) is 15.9 Å². The summed E-state index contributed by atoms with van der Waals surface area (Å²) < 4.78 is 0. The minimum absolute atomic E-state index is 0.0754. The van der Waals surface area contributed by atoms with E-state index in [1.807, 2.05) is 30.6 Å². The Labute approximate surface area is 154 Å². The van der Waals surface area contributed by atoms with Crippen molar-refractivity contribution in [2.24, 2.45) is 23.2 Å². The molecule has 26 heavy (non-hydrogen) atoms. The molecule has 2 aromatic heterocycles. The van der Waals surface area contributed by atoms with Crippen LogP contribution in [0.25, 0.3) is 11.3 Å². The van der Waals surface area contributed by atoms with Crippen LogP contribution in [0.5, 0.6) is 0 Å². The Bertz CT molecular complexity index is 782. The molecule has 0 spiro atoms. The van der Waals surface area contributed by atoms with Gasteiger partial charge in [0.2, 0.25) is 5.91 Å². The van der Waals surface area contributed by atoms with E-state index in [0.29, 0.717) is 6.54 Å². The van der Waals surface area contributed by atoms with Crippen LogP contribution in [-0.2, 0) is 11.3 Å². The number of aromatic nitrogens is 2. The van der Waals surface area contributed by atoms with Gasteiger partial charge in [-0.1, -0.05) is 0 Å². The van der Waals surface area contributed by atoms with E-state index in [4.69, 9.17) is 0 Å². The molecule has 0 atom stereocenters. The molecule has 2 aromatic rings. The van der Waals surface area contributed by atoms with Crippen LogP contribution in [0.3, 0.4) is 0 Å². The van der Waals surface area contributed by atoms with Crippen molar-refractivity contribution in [3.8, 4) is 11.3 Å². The molecule has 1 N–H and O–H groups in total. The molecule has 0 unspecified atom stereocenters. The molecule has 4 nitrogen and oxygen atoms in total. The van der Waals surface area contributed by atoms with Crippen LogP contribution in [0.4, 0.5) is 0 Å². The number of nitrogens with one attached hydrogen (secondary N) is 1. The molecule has 6 rings (SSSR count). The largest absolute Gasteiger partial charge is 0.352 e. The third kappa shape index (κ3) is 2.81. The first kappa shape index (κ1) is 16.0. The topological polar surface area (TPSA) is 54.9 Å². The van der Waals surface area contributed by atoms with E-state index in [0.717, 1.165) is 53.8 Å². The van der Waals surface area contributed by atoms with E-state index in [2.05, 4.69) is 21.4 Å². The Kier molecular flexibility index (Phi) is 3.80. The SMILES string of the molecule is O=C(NCc1ccnc(-c2cccnc2)c1)C12CC3CC(CC(C3)C1)C2. The number of hydrogen-bond donors (Lipinski definition) is 1. The number of pyridine rings is 2. The maximum Gasteiger partial charge on any atom is 0.226 e. The second-order valence-corrected chi connectivity index (χ2v) is 8.67. The number of carbonyl (C=O) groups is 1. The summed E-state index contributed by atoms with van der Waals surface area (Å²) in [6, 6.07) is 7.96. The lowest BCUT2D eigenvalue weighted by atomic mass is 9.49. The summed E-state index contributed by atoms with van der Waals surface area (Å²) in [5, 5.41) is 3.25. The molecule has 1 amide bonds. The number of amides is 1. The number of carbonyl (C=O) groups excluding carboxylic acids is 1. The second kappa shape index (κ2) is 6.19. The molecule has 4 heteroatoms. The Morgan fingerprint density at radius 2 is 1.81 bits per heavy atom. The van der Waals surface area contributed by atoms with Gasteiger partial charge in [-0.15, -0.1) is 0 Å². The van der Waals surface area contributed by atoms with Crippen LogP contribution in [0, 0.1) is 23.2 Å². The number of nitrogens with zero attached hydrogens (tertiary/aromatic N) is 2. The maximum absolute atomic E-state index is 13.1. The van der Waals surface area contributed by atoms with Crippen molar-refractivity contribution in [3.05, 3.63) is 48.4 Å². The highest BCUT2D eigenvalue weighted by molar-refractivity contribution is 5.83. The van der Waals surface area contributed by atoms with Crippen molar-refractivity contribution in [2.45, 2.75) is 45.1 Å². The van der Waals surface area contributed by atoms with Crippen LogP contribution in [0.1, 0.15) is 44.1 Å². The van der Waals surface area contributed by atoms with Gasteiger partial charge in [0.15, 0.2) is 0 Å². The minimum Gasteiger partial charge on any atom is -0.352 e. The predicted octanol–water partition coefficient (Wildman–Crippen LogP) is 3.98. The van der Waals surface area contributed by atoms with Crippen molar-refractivity contribution in [1.29, 1.82) is 0 Å². The minimum atomic E-state index is -0.0754. The quantitative estimate of drug-likeness (QED) is 0.910. The zero-order valence-electron chi connectivity index (χ0n) is 15.0. The van der Waals surface area contributed by atoms with E-state index < -0.39 is 0 Å². The fourth-order valence-electron chi connectivity index (χ4n) is 6.01. The van der Waals surface area contributed by atoms with Crippen molar-refractivity contribution in [3.63, 3.8) is 0 Å². The van der Waals surface area contributed by atoms with Gasteiger partial charge in [-0.25, -0.2) is 0 Å². The summed E-state index contributed by atoms with van der Waals surface area (Å²) in [7, 11) is 0. The monoisotopic (exact) mass is 347 g/mol. The third-order valence-electron chi connectivity index (χ3n) is 6.75. The van der Waals surface area contributed by atoms with Gasteiger partial charge in [-0.3, -0.25) is 14.8 Å². The lowest BCUT2D eigenvalue weighted by Gasteiger charge is -2.55. The molecule has 4 saturated carbocycles. The summed E-state index contributed by atoms with van der Waals surface area (Å²) >= 11 is 0. The molecule has 0 aliphatic heterocycles. The van der Waals surface area contributed by atoms with Crippen molar-refractivity contribution in [2.75, 3.05) is 0 Å². The highest BCUT2D eigenvalue weighted by Crippen LogP contribution is 2.60. The Morgan fingerprint density at radius 1 is 1.08 bits per heavy atom. The summed E-state index contributed by atoms with van der Waals surface area (Å²) in [6.07, 6.45) is 12.8. The Balaban J connectivity index is 1.29. The Morgan fingerprint density at radius 3 is 2.46 bits per heavy atom. The van der Waals surface area contributed by atoms with Gasteiger partial charge in [0.25, 0.3) is 0 Å². The Hall–Kier alpha value is -2.23. The fourth-order valence-corrected chi connectivity index (χ4v) is 6.01. The molecule has 4 aliphatic rings. The first-order chi connectivity index (χ1) is 12.7. The molecule has 4 aliphatic carbocycles. The third-order valence-corrected chi connectivity index (χ3v) is 6.75. The average Bonchev–Trinajstić information content (AvgIpc) is 2.66. The molecule has 4 fully saturated rings. The molecule has 0 radical (unpaired) electrons.